The molecule has 0 spiro atoms. The van der Waals surface area contributed by atoms with Crippen LogP contribution in [-0.2, 0) is 9.59 Å². The van der Waals surface area contributed by atoms with Gasteiger partial charge in [-0.3, -0.25) is 9.59 Å². The Labute approximate surface area is 103 Å². The molecule has 4 nitrogen and oxygen atoms in total. The fourth-order valence-electron chi connectivity index (χ4n) is 1.94. The van der Waals surface area contributed by atoms with Crippen LogP contribution in [0.1, 0.15) is 33.6 Å². The molecule has 17 heavy (non-hydrogen) atoms. The van der Waals surface area contributed by atoms with Gasteiger partial charge in [-0.25, -0.2) is 0 Å². The first-order valence-electron chi connectivity index (χ1n) is 6.29. The van der Waals surface area contributed by atoms with Crippen LogP contribution < -0.4 is 5.32 Å². The van der Waals surface area contributed by atoms with E-state index in [1.54, 1.807) is 4.90 Å². The van der Waals surface area contributed by atoms with Crippen molar-refractivity contribution in [2.45, 2.75) is 39.7 Å². The lowest BCUT2D eigenvalue weighted by molar-refractivity contribution is -0.145. The Kier molecular flexibility index (Phi) is 5.19. The minimum absolute atomic E-state index is 0.0459. The van der Waals surface area contributed by atoms with Gasteiger partial charge in [-0.15, -0.1) is 0 Å². The smallest absolute Gasteiger partial charge is 0.245 e. The van der Waals surface area contributed by atoms with E-state index in [-0.39, 0.29) is 30.3 Å². The van der Waals surface area contributed by atoms with Crippen LogP contribution in [0.25, 0.3) is 0 Å². The SMILES string of the molecule is C/C=C/CCN1CC(=O)NC(C(C)CC)C1=O. The molecule has 1 saturated heterocycles. The van der Waals surface area contributed by atoms with Crippen LogP contribution in [0.15, 0.2) is 12.2 Å². The first-order chi connectivity index (χ1) is 8.10. The van der Waals surface area contributed by atoms with Gasteiger partial charge in [0.1, 0.15) is 6.04 Å². The van der Waals surface area contributed by atoms with Crippen LogP contribution in [-0.4, -0.2) is 35.8 Å². The zero-order valence-corrected chi connectivity index (χ0v) is 10.9. The van der Waals surface area contributed by atoms with Crippen LogP contribution in [0.4, 0.5) is 0 Å². The highest BCUT2D eigenvalue weighted by Gasteiger charge is 2.34. The zero-order chi connectivity index (χ0) is 12.8. The second-order valence-electron chi connectivity index (χ2n) is 4.55. The number of allylic oxidation sites excluding steroid dienone is 1. The molecule has 0 aromatic carbocycles. The Balaban J connectivity index is 2.65. The number of hydrogen-bond acceptors (Lipinski definition) is 2. The molecule has 2 unspecified atom stereocenters. The minimum Gasteiger partial charge on any atom is -0.342 e. The second-order valence-corrected chi connectivity index (χ2v) is 4.55. The third-order valence-corrected chi connectivity index (χ3v) is 3.24. The number of hydrogen-bond donors (Lipinski definition) is 1. The number of carbonyl (C=O) groups is 2. The Bertz CT molecular complexity index is 313. The van der Waals surface area contributed by atoms with E-state index in [4.69, 9.17) is 0 Å². The van der Waals surface area contributed by atoms with Crippen LogP contribution in [0.2, 0.25) is 0 Å². The van der Waals surface area contributed by atoms with E-state index in [0.29, 0.717) is 6.54 Å². The lowest BCUT2D eigenvalue weighted by Gasteiger charge is -2.35. The van der Waals surface area contributed by atoms with Crippen LogP contribution in [0.3, 0.4) is 0 Å². The highest BCUT2D eigenvalue weighted by atomic mass is 16.2. The molecule has 0 radical (unpaired) electrons. The molecule has 1 rings (SSSR count). The Hall–Kier alpha value is -1.32. The van der Waals surface area contributed by atoms with Crippen molar-refractivity contribution in [3.63, 3.8) is 0 Å². The molecule has 1 aliphatic heterocycles. The van der Waals surface area contributed by atoms with Gasteiger partial charge in [0.25, 0.3) is 0 Å². The molecule has 1 fully saturated rings. The fraction of sp³-hybridized carbons (Fsp3) is 0.692. The van der Waals surface area contributed by atoms with Crippen molar-refractivity contribution < 1.29 is 9.59 Å². The molecular weight excluding hydrogens is 216 g/mol. The lowest BCUT2D eigenvalue weighted by Crippen LogP contribution is -2.60. The van der Waals surface area contributed by atoms with Gasteiger partial charge in [-0.05, 0) is 19.3 Å². The lowest BCUT2D eigenvalue weighted by atomic mass is 9.96. The van der Waals surface area contributed by atoms with Crippen molar-refractivity contribution in [2.24, 2.45) is 5.92 Å². The molecule has 0 aliphatic carbocycles. The van der Waals surface area contributed by atoms with Gasteiger partial charge in [0.15, 0.2) is 0 Å². The molecule has 0 bridgehead atoms. The van der Waals surface area contributed by atoms with Crippen molar-refractivity contribution in [3.05, 3.63) is 12.2 Å². The third kappa shape index (κ3) is 3.58. The van der Waals surface area contributed by atoms with Gasteiger partial charge in [0, 0.05) is 6.54 Å². The molecule has 4 heteroatoms. The Morgan fingerprint density at radius 2 is 2.24 bits per heavy atom. The number of nitrogens with one attached hydrogen (secondary N) is 1. The monoisotopic (exact) mass is 238 g/mol. The van der Waals surface area contributed by atoms with Crippen molar-refractivity contribution in [1.29, 1.82) is 0 Å². The van der Waals surface area contributed by atoms with E-state index >= 15 is 0 Å². The van der Waals surface area contributed by atoms with Crippen LogP contribution in [0, 0.1) is 5.92 Å². The van der Waals surface area contributed by atoms with Gasteiger partial charge in [0.05, 0.1) is 6.54 Å². The maximum absolute atomic E-state index is 12.2. The molecule has 1 heterocycles. The third-order valence-electron chi connectivity index (χ3n) is 3.24. The summed E-state index contributed by atoms with van der Waals surface area (Å²) in [6.45, 7) is 6.81. The summed E-state index contributed by atoms with van der Waals surface area (Å²) in [5.41, 5.74) is 0. The van der Waals surface area contributed by atoms with Gasteiger partial charge in [-0.2, -0.15) is 0 Å². The summed E-state index contributed by atoms with van der Waals surface area (Å²) in [7, 11) is 0. The quantitative estimate of drug-likeness (QED) is 0.734. The molecule has 2 atom stereocenters. The normalized spacial score (nSPS) is 23.0. The molecule has 1 aliphatic rings. The summed E-state index contributed by atoms with van der Waals surface area (Å²) in [6, 6.07) is -0.341. The number of amides is 2. The van der Waals surface area contributed by atoms with Crippen molar-refractivity contribution >= 4 is 11.8 Å². The van der Waals surface area contributed by atoms with Gasteiger partial charge in [0.2, 0.25) is 11.8 Å². The van der Waals surface area contributed by atoms with E-state index in [1.165, 1.54) is 0 Å². The minimum atomic E-state index is -0.341. The predicted molar refractivity (Wildman–Crippen MR) is 67.4 cm³/mol. The maximum atomic E-state index is 12.2. The van der Waals surface area contributed by atoms with Gasteiger partial charge in [-0.1, -0.05) is 32.4 Å². The molecule has 0 saturated carbocycles. The molecule has 0 aromatic heterocycles. The molecule has 0 aromatic rings. The number of piperazine rings is 1. The summed E-state index contributed by atoms with van der Waals surface area (Å²) in [4.78, 5) is 25.4. The van der Waals surface area contributed by atoms with Crippen LogP contribution in [0.5, 0.6) is 0 Å². The number of rotatable bonds is 5. The van der Waals surface area contributed by atoms with E-state index in [9.17, 15) is 9.59 Å². The van der Waals surface area contributed by atoms with Gasteiger partial charge >= 0.3 is 0 Å². The largest absolute Gasteiger partial charge is 0.342 e. The average molecular weight is 238 g/mol. The molecule has 1 N–H and O–H groups in total. The fourth-order valence-corrected chi connectivity index (χ4v) is 1.94. The van der Waals surface area contributed by atoms with Crippen molar-refractivity contribution in [1.82, 2.24) is 10.2 Å². The second kappa shape index (κ2) is 6.42. The molecule has 96 valence electrons. The van der Waals surface area contributed by atoms with Gasteiger partial charge < -0.3 is 10.2 Å². The van der Waals surface area contributed by atoms with E-state index in [0.717, 1.165) is 12.8 Å². The summed E-state index contributed by atoms with van der Waals surface area (Å²) in [5.74, 6) is 0.204. The maximum Gasteiger partial charge on any atom is 0.245 e. The molecular formula is C13H22N2O2. The number of carbonyl (C=O) groups excluding carboxylic acids is 2. The highest BCUT2D eigenvalue weighted by molar-refractivity contribution is 5.95. The Morgan fingerprint density at radius 1 is 1.53 bits per heavy atom. The number of nitrogens with zero attached hydrogens (tertiary/aromatic N) is 1. The van der Waals surface area contributed by atoms with Crippen molar-refractivity contribution in [3.8, 4) is 0 Å². The average Bonchev–Trinajstić information content (AvgIpc) is 2.32. The van der Waals surface area contributed by atoms with E-state index in [1.807, 2.05) is 32.9 Å². The highest BCUT2D eigenvalue weighted by Crippen LogP contribution is 2.14. The first kappa shape index (κ1) is 13.7. The van der Waals surface area contributed by atoms with Crippen LogP contribution >= 0.6 is 0 Å². The molecule has 2 amide bonds. The first-order valence-corrected chi connectivity index (χ1v) is 6.29. The summed E-state index contributed by atoms with van der Waals surface area (Å²) in [6.07, 6.45) is 5.67. The Morgan fingerprint density at radius 3 is 2.82 bits per heavy atom. The van der Waals surface area contributed by atoms with Crippen molar-refractivity contribution in [2.75, 3.05) is 13.1 Å². The zero-order valence-electron chi connectivity index (χ0n) is 10.9. The standard InChI is InChI=1S/C13H22N2O2/c1-4-6-7-8-15-9-11(16)14-12(13(15)17)10(3)5-2/h4,6,10,12H,5,7-9H2,1-3H3,(H,14,16)/b6-4+. The topological polar surface area (TPSA) is 49.4 Å². The summed E-state index contributed by atoms with van der Waals surface area (Å²) >= 11 is 0. The predicted octanol–water partition coefficient (Wildman–Crippen LogP) is 1.33. The van der Waals surface area contributed by atoms with E-state index in [2.05, 4.69) is 5.32 Å². The summed E-state index contributed by atoms with van der Waals surface area (Å²) in [5, 5.41) is 2.79. The van der Waals surface area contributed by atoms with E-state index < -0.39 is 0 Å². The summed E-state index contributed by atoms with van der Waals surface area (Å²) < 4.78 is 0.